The predicted octanol–water partition coefficient (Wildman–Crippen LogP) is 2.16. The van der Waals surface area contributed by atoms with E-state index in [1.165, 1.54) is 5.56 Å². The minimum Gasteiger partial charge on any atom is -0.481 e. The second-order valence-corrected chi connectivity index (χ2v) is 5.91. The van der Waals surface area contributed by atoms with E-state index in [9.17, 15) is 9.59 Å². The van der Waals surface area contributed by atoms with Crippen LogP contribution in [0.2, 0.25) is 0 Å². The Hall–Kier alpha value is -1.84. The van der Waals surface area contributed by atoms with Crippen molar-refractivity contribution in [2.75, 3.05) is 0 Å². The van der Waals surface area contributed by atoms with E-state index >= 15 is 0 Å². The lowest BCUT2D eigenvalue weighted by Crippen LogP contribution is -2.32. The first-order valence-corrected chi connectivity index (χ1v) is 7.23. The molecule has 1 aromatic rings. The lowest BCUT2D eigenvalue weighted by Gasteiger charge is -2.10. The first-order chi connectivity index (χ1) is 9.65. The van der Waals surface area contributed by atoms with Crippen LogP contribution >= 0.6 is 0 Å². The Labute approximate surface area is 118 Å². The van der Waals surface area contributed by atoms with E-state index < -0.39 is 5.97 Å². The summed E-state index contributed by atoms with van der Waals surface area (Å²) in [5.41, 5.74) is 1.27. The molecule has 0 aliphatic heterocycles. The fraction of sp³-hybridized carbons (Fsp3) is 0.500. The molecule has 0 aromatic heterocycles. The van der Waals surface area contributed by atoms with Crippen molar-refractivity contribution in [1.82, 2.24) is 5.32 Å². The monoisotopic (exact) mass is 273 g/mol. The minimum absolute atomic E-state index is 0.0391. The molecule has 1 amide bonds. The number of carbonyl (C=O) groups excluding carboxylic acids is 1. The molecule has 0 radical (unpaired) electrons. The van der Waals surface area contributed by atoms with Crippen molar-refractivity contribution in [1.29, 1.82) is 0 Å². The highest BCUT2D eigenvalue weighted by Gasteiger charge is 2.41. The number of benzene rings is 1. The normalized spacial score (nSPS) is 31.8. The standard InChI is InChI=1S/C16H19NO3/c18-15(11-6-7-12(8-11)16(19)20)17-14-9-13(14)10-4-2-1-3-5-10/h1-5,11-14H,6-9H2,(H,17,18)(H,19,20)/t11-,12+,13?,14?/m1/s1. The van der Waals surface area contributed by atoms with E-state index in [-0.39, 0.29) is 23.8 Å². The zero-order chi connectivity index (χ0) is 14.1. The van der Waals surface area contributed by atoms with Gasteiger partial charge in [0.1, 0.15) is 0 Å². The molecule has 0 bridgehead atoms. The molecule has 0 heterocycles. The van der Waals surface area contributed by atoms with Gasteiger partial charge in [-0.15, -0.1) is 0 Å². The predicted molar refractivity (Wildman–Crippen MR) is 74.2 cm³/mol. The van der Waals surface area contributed by atoms with Gasteiger partial charge in [0.2, 0.25) is 5.91 Å². The molecule has 106 valence electrons. The van der Waals surface area contributed by atoms with Crippen LogP contribution in [0.5, 0.6) is 0 Å². The van der Waals surface area contributed by atoms with Gasteiger partial charge in [-0.25, -0.2) is 0 Å². The maximum absolute atomic E-state index is 12.1. The average Bonchev–Trinajstić information content (AvgIpc) is 3.02. The number of carbonyl (C=O) groups is 2. The molecule has 2 unspecified atom stereocenters. The zero-order valence-corrected chi connectivity index (χ0v) is 11.3. The van der Waals surface area contributed by atoms with Crippen LogP contribution in [0.1, 0.15) is 37.2 Å². The van der Waals surface area contributed by atoms with E-state index in [4.69, 9.17) is 5.11 Å². The van der Waals surface area contributed by atoms with Crippen LogP contribution in [0.3, 0.4) is 0 Å². The fourth-order valence-electron chi connectivity index (χ4n) is 3.17. The van der Waals surface area contributed by atoms with E-state index in [0.29, 0.717) is 25.2 Å². The van der Waals surface area contributed by atoms with Crippen LogP contribution in [0.15, 0.2) is 30.3 Å². The summed E-state index contributed by atoms with van der Waals surface area (Å²) in [6.07, 6.45) is 2.81. The van der Waals surface area contributed by atoms with Crippen LogP contribution < -0.4 is 5.32 Å². The summed E-state index contributed by atoms with van der Waals surface area (Å²) in [7, 11) is 0. The van der Waals surface area contributed by atoms with Gasteiger partial charge in [0.05, 0.1) is 5.92 Å². The minimum atomic E-state index is -0.770. The summed E-state index contributed by atoms with van der Waals surface area (Å²) in [6.45, 7) is 0. The number of carboxylic acid groups (broad SMARTS) is 1. The number of amides is 1. The summed E-state index contributed by atoms with van der Waals surface area (Å²) >= 11 is 0. The highest BCUT2D eigenvalue weighted by Crippen LogP contribution is 2.41. The van der Waals surface area contributed by atoms with Gasteiger partial charge in [0.15, 0.2) is 0 Å². The van der Waals surface area contributed by atoms with Crippen LogP contribution in [-0.2, 0) is 9.59 Å². The molecule has 4 nitrogen and oxygen atoms in total. The van der Waals surface area contributed by atoms with Crippen LogP contribution in [0, 0.1) is 11.8 Å². The van der Waals surface area contributed by atoms with Crippen LogP contribution in [0.4, 0.5) is 0 Å². The van der Waals surface area contributed by atoms with Gasteiger partial charge in [-0.3, -0.25) is 9.59 Å². The number of aliphatic carboxylic acids is 1. The van der Waals surface area contributed by atoms with Gasteiger partial charge < -0.3 is 10.4 Å². The first kappa shape index (κ1) is 13.2. The smallest absolute Gasteiger partial charge is 0.306 e. The molecule has 2 aliphatic rings. The second kappa shape index (κ2) is 5.27. The summed E-state index contributed by atoms with van der Waals surface area (Å²) in [6, 6.07) is 10.4. The molecule has 20 heavy (non-hydrogen) atoms. The first-order valence-electron chi connectivity index (χ1n) is 7.23. The van der Waals surface area contributed by atoms with Crippen molar-refractivity contribution in [2.24, 2.45) is 11.8 Å². The van der Waals surface area contributed by atoms with Gasteiger partial charge >= 0.3 is 5.97 Å². The number of carboxylic acids is 1. The lowest BCUT2D eigenvalue weighted by atomic mass is 10.0. The summed E-state index contributed by atoms with van der Waals surface area (Å²) in [5, 5.41) is 12.0. The third-order valence-corrected chi connectivity index (χ3v) is 4.50. The highest BCUT2D eigenvalue weighted by atomic mass is 16.4. The van der Waals surface area contributed by atoms with Crippen LogP contribution in [0.25, 0.3) is 0 Å². The van der Waals surface area contributed by atoms with Gasteiger partial charge in [-0.05, 0) is 31.2 Å². The Bertz CT molecular complexity index is 514. The molecule has 1 aromatic carbocycles. The number of hydrogen-bond acceptors (Lipinski definition) is 2. The topological polar surface area (TPSA) is 66.4 Å². The van der Waals surface area contributed by atoms with Crippen molar-refractivity contribution in [3.05, 3.63) is 35.9 Å². The molecule has 3 rings (SSSR count). The molecule has 4 heteroatoms. The van der Waals surface area contributed by atoms with Gasteiger partial charge in [-0.1, -0.05) is 30.3 Å². The Balaban J connectivity index is 1.51. The van der Waals surface area contributed by atoms with Crippen molar-refractivity contribution in [3.63, 3.8) is 0 Å². The van der Waals surface area contributed by atoms with E-state index in [1.54, 1.807) is 0 Å². The largest absolute Gasteiger partial charge is 0.481 e. The molecular formula is C16H19NO3. The number of nitrogens with one attached hydrogen (secondary N) is 1. The maximum atomic E-state index is 12.1. The zero-order valence-electron chi connectivity index (χ0n) is 11.3. The molecule has 2 fully saturated rings. The molecule has 4 atom stereocenters. The van der Waals surface area contributed by atoms with E-state index in [2.05, 4.69) is 17.4 Å². The maximum Gasteiger partial charge on any atom is 0.306 e. The fourth-order valence-corrected chi connectivity index (χ4v) is 3.17. The second-order valence-electron chi connectivity index (χ2n) is 5.91. The number of hydrogen-bond donors (Lipinski definition) is 2. The van der Waals surface area contributed by atoms with Crippen molar-refractivity contribution in [3.8, 4) is 0 Å². The third-order valence-electron chi connectivity index (χ3n) is 4.50. The lowest BCUT2D eigenvalue weighted by molar-refractivity contribution is -0.141. The van der Waals surface area contributed by atoms with Gasteiger partial charge in [-0.2, -0.15) is 0 Å². The SMILES string of the molecule is O=C(O)[C@H]1CC[C@@H](C(=O)NC2CC2c2ccccc2)C1. The Morgan fingerprint density at radius 2 is 1.75 bits per heavy atom. The Morgan fingerprint density at radius 1 is 1.05 bits per heavy atom. The van der Waals surface area contributed by atoms with Crippen molar-refractivity contribution >= 4 is 11.9 Å². The molecule has 2 saturated carbocycles. The van der Waals surface area contributed by atoms with Gasteiger partial charge in [0.25, 0.3) is 0 Å². The number of rotatable bonds is 4. The average molecular weight is 273 g/mol. The van der Waals surface area contributed by atoms with Gasteiger partial charge in [0, 0.05) is 17.9 Å². The quantitative estimate of drug-likeness (QED) is 0.883. The molecule has 2 aliphatic carbocycles. The summed E-state index contributed by atoms with van der Waals surface area (Å²) in [5.74, 6) is -0.758. The van der Waals surface area contributed by atoms with E-state index in [0.717, 1.165) is 6.42 Å². The Kier molecular flexibility index (Phi) is 3.47. The Morgan fingerprint density at radius 3 is 2.40 bits per heavy atom. The highest BCUT2D eigenvalue weighted by molar-refractivity contribution is 5.81. The molecule has 2 N–H and O–H groups in total. The summed E-state index contributed by atoms with van der Waals surface area (Å²) < 4.78 is 0. The molecular weight excluding hydrogens is 254 g/mol. The van der Waals surface area contributed by atoms with Crippen LogP contribution in [-0.4, -0.2) is 23.0 Å². The van der Waals surface area contributed by atoms with Crippen molar-refractivity contribution < 1.29 is 14.7 Å². The third kappa shape index (κ3) is 2.69. The molecule has 0 spiro atoms. The van der Waals surface area contributed by atoms with Crippen molar-refractivity contribution in [2.45, 2.75) is 37.6 Å². The van der Waals surface area contributed by atoms with E-state index in [1.807, 2.05) is 18.2 Å². The summed E-state index contributed by atoms with van der Waals surface area (Å²) in [4.78, 5) is 23.0. The molecule has 0 saturated heterocycles.